The molecule has 0 aliphatic heterocycles. The van der Waals surface area contributed by atoms with Gasteiger partial charge >= 0.3 is 6.18 Å². The lowest BCUT2D eigenvalue weighted by atomic mass is 9.99. The molecule has 4 aromatic rings. The van der Waals surface area contributed by atoms with Crippen LogP contribution in [0, 0.1) is 17.1 Å². The highest BCUT2D eigenvalue weighted by Crippen LogP contribution is 2.32. The second-order valence-electron chi connectivity index (χ2n) is 9.64. The summed E-state index contributed by atoms with van der Waals surface area (Å²) >= 11 is 0. The Morgan fingerprint density at radius 2 is 1.86 bits per heavy atom. The molecule has 0 unspecified atom stereocenters. The van der Waals surface area contributed by atoms with Crippen LogP contribution in [0.25, 0.3) is 16.9 Å². The fraction of sp³-hybridized carbons (Fsp3) is 0.276. The van der Waals surface area contributed by atoms with Gasteiger partial charge in [-0.15, -0.1) is 0 Å². The number of nitriles is 1. The van der Waals surface area contributed by atoms with Crippen LogP contribution in [0.4, 0.5) is 17.6 Å². The van der Waals surface area contributed by atoms with Gasteiger partial charge in [-0.25, -0.2) is 22.8 Å². The first kappa shape index (κ1) is 31.3. The summed E-state index contributed by atoms with van der Waals surface area (Å²) < 4.78 is 79.4. The molecule has 43 heavy (non-hydrogen) atoms. The predicted molar refractivity (Wildman–Crippen MR) is 149 cm³/mol. The lowest BCUT2D eigenvalue weighted by Crippen LogP contribution is -2.39. The van der Waals surface area contributed by atoms with Gasteiger partial charge in [0.25, 0.3) is 5.56 Å². The average Bonchev–Trinajstić information content (AvgIpc) is 2.96. The summed E-state index contributed by atoms with van der Waals surface area (Å²) in [6.45, 7) is 2.63. The van der Waals surface area contributed by atoms with E-state index in [9.17, 15) is 40.8 Å². The minimum absolute atomic E-state index is 0.00475. The van der Waals surface area contributed by atoms with E-state index in [-0.39, 0.29) is 34.9 Å². The Bertz CT molecular complexity index is 1880. The molecule has 14 heteroatoms. The lowest BCUT2D eigenvalue weighted by Gasteiger charge is -2.30. The van der Waals surface area contributed by atoms with E-state index < -0.39 is 57.1 Å². The van der Waals surface area contributed by atoms with Gasteiger partial charge in [0.1, 0.15) is 5.82 Å². The monoisotopic (exact) mass is 615 g/mol. The van der Waals surface area contributed by atoms with Crippen LogP contribution in [-0.2, 0) is 27.2 Å². The number of fused-ring (bicyclic) bond motifs is 1. The molecule has 0 saturated heterocycles. The predicted octanol–water partition coefficient (Wildman–Crippen LogP) is 4.35. The molecule has 1 atom stereocenters. The van der Waals surface area contributed by atoms with E-state index >= 15 is 0 Å². The van der Waals surface area contributed by atoms with Crippen molar-refractivity contribution in [1.82, 2.24) is 19.3 Å². The van der Waals surface area contributed by atoms with Gasteiger partial charge in [0, 0.05) is 24.7 Å². The second-order valence-corrected chi connectivity index (χ2v) is 12.1. The fourth-order valence-corrected chi connectivity index (χ4v) is 5.29. The Kier molecular flexibility index (Phi) is 8.96. The topological polar surface area (TPSA) is 126 Å². The van der Waals surface area contributed by atoms with E-state index in [1.165, 1.54) is 61.0 Å². The van der Waals surface area contributed by atoms with Gasteiger partial charge in [0.2, 0.25) is 11.7 Å². The molecule has 2 aromatic carbocycles. The van der Waals surface area contributed by atoms with Crippen molar-refractivity contribution in [1.29, 1.82) is 5.26 Å². The van der Waals surface area contributed by atoms with E-state index in [4.69, 9.17) is 0 Å². The van der Waals surface area contributed by atoms with Crippen LogP contribution >= 0.6 is 0 Å². The molecule has 2 aromatic heterocycles. The summed E-state index contributed by atoms with van der Waals surface area (Å²) in [6, 6.07) is 10.7. The number of halogens is 4. The first-order valence-corrected chi connectivity index (χ1v) is 14.8. The SMILES string of the molecule is CCS(=O)(=O)CCN(C(=O)Cc1ccc(C(F)(F)F)c(F)c1)[C@H](C)c1nc2ncccn2c(=O)c1-c1ccc(C#N)cc1. The molecule has 2 heterocycles. The van der Waals surface area contributed by atoms with Crippen LogP contribution < -0.4 is 5.56 Å². The first-order valence-electron chi connectivity index (χ1n) is 13.0. The fourth-order valence-electron chi connectivity index (χ4n) is 4.52. The number of nitrogens with zero attached hydrogens (tertiary/aromatic N) is 5. The third kappa shape index (κ3) is 6.89. The maximum atomic E-state index is 14.3. The summed E-state index contributed by atoms with van der Waals surface area (Å²) in [5.41, 5.74) is -1.24. The van der Waals surface area contributed by atoms with Crippen LogP contribution in [-0.4, -0.2) is 51.6 Å². The quantitative estimate of drug-likeness (QED) is 0.256. The number of carbonyl (C=O) groups is 1. The van der Waals surface area contributed by atoms with Gasteiger partial charge in [-0.2, -0.15) is 18.4 Å². The summed E-state index contributed by atoms with van der Waals surface area (Å²) in [6.07, 6.45) is -2.61. The third-order valence-corrected chi connectivity index (χ3v) is 8.58. The van der Waals surface area contributed by atoms with Crippen molar-refractivity contribution in [3.8, 4) is 17.2 Å². The van der Waals surface area contributed by atoms with Crippen molar-refractivity contribution in [2.75, 3.05) is 18.1 Å². The number of amides is 1. The van der Waals surface area contributed by atoms with Crippen LogP contribution in [0.1, 0.15) is 42.3 Å². The minimum atomic E-state index is -4.92. The molecule has 0 aliphatic carbocycles. The van der Waals surface area contributed by atoms with Crippen molar-refractivity contribution in [2.24, 2.45) is 0 Å². The van der Waals surface area contributed by atoms with Crippen LogP contribution in [0.2, 0.25) is 0 Å². The molecule has 4 rings (SSSR count). The van der Waals surface area contributed by atoms with Crippen molar-refractivity contribution < 1.29 is 30.8 Å². The molecule has 0 saturated carbocycles. The lowest BCUT2D eigenvalue weighted by molar-refractivity contribution is -0.140. The standard InChI is InChI=1S/C29H25F4N5O4S/c1-3-43(41,42)14-13-37(24(39)16-20-7-10-22(23(30)15-20)29(31,32)33)18(2)26-25(21-8-5-19(17-34)6-9-21)27(40)38-12-4-11-35-28(38)36-26/h4-12,15,18H,3,13-14,16H2,1-2H3/t18-/m1/s1. The van der Waals surface area contributed by atoms with E-state index in [2.05, 4.69) is 9.97 Å². The summed E-state index contributed by atoms with van der Waals surface area (Å²) in [4.78, 5) is 37.1. The Hall–Kier alpha value is -4.64. The highest BCUT2D eigenvalue weighted by atomic mass is 32.2. The Labute approximate surface area is 244 Å². The summed E-state index contributed by atoms with van der Waals surface area (Å²) in [5.74, 6) is -2.93. The minimum Gasteiger partial charge on any atom is -0.333 e. The van der Waals surface area contributed by atoms with E-state index in [1.54, 1.807) is 0 Å². The molecule has 0 spiro atoms. The van der Waals surface area contributed by atoms with Gasteiger partial charge in [-0.1, -0.05) is 25.1 Å². The number of rotatable bonds is 9. The van der Waals surface area contributed by atoms with Gasteiger partial charge in [0.15, 0.2) is 9.84 Å². The Balaban J connectivity index is 1.82. The first-order chi connectivity index (χ1) is 20.3. The molecule has 0 N–H and O–H groups in total. The number of aromatic nitrogens is 3. The molecule has 0 fully saturated rings. The molecule has 0 aliphatic rings. The van der Waals surface area contributed by atoms with Crippen molar-refractivity contribution in [3.05, 3.63) is 99.5 Å². The Morgan fingerprint density at radius 1 is 1.16 bits per heavy atom. The summed E-state index contributed by atoms with van der Waals surface area (Å²) in [5, 5.41) is 9.20. The highest BCUT2D eigenvalue weighted by Gasteiger charge is 2.34. The molecular formula is C29H25F4N5O4S. The molecular weight excluding hydrogens is 590 g/mol. The summed E-state index contributed by atoms with van der Waals surface area (Å²) in [7, 11) is -3.59. The van der Waals surface area contributed by atoms with Gasteiger partial charge in [-0.3, -0.25) is 14.0 Å². The van der Waals surface area contributed by atoms with E-state index in [0.29, 0.717) is 23.3 Å². The van der Waals surface area contributed by atoms with E-state index in [1.807, 2.05) is 6.07 Å². The number of carbonyl (C=O) groups excluding carboxylic acids is 1. The number of alkyl halides is 3. The number of hydrogen-bond acceptors (Lipinski definition) is 7. The van der Waals surface area contributed by atoms with Crippen molar-refractivity contribution in [2.45, 2.75) is 32.5 Å². The maximum absolute atomic E-state index is 14.3. The largest absolute Gasteiger partial charge is 0.419 e. The average molecular weight is 616 g/mol. The van der Waals surface area contributed by atoms with Crippen molar-refractivity contribution in [3.63, 3.8) is 0 Å². The zero-order chi connectivity index (χ0) is 31.5. The third-order valence-electron chi connectivity index (χ3n) is 6.90. The van der Waals surface area contributed by atoms with E-state index in [0.717, 1.165) is 11.0 Å². The van der Waals surface area contributed by atoms with Crippen molar-refractivity contribution >= 4 is 21.5 Å². The van der Waals surface area contributed by atoms with Gasteiger partial charge in [-0.05, 0) is 48.4 Å². The van der Waals surface area contributed by atoms with Crippen LogP contribution in [0.15, 0.2) is 65.7 Å². The van der Waals surface area contributed by atoms with Gasteiger partial charge in [0.05, 0.1) is 46.7 Å². The van der Waals surface area contributed by atoms with Gasteiger partial charge < -0.3 is 4.90 Å². The Morgan fingerprint density at radius 3 is 2.47 bits per heavy atom. The smallest absolute Gasteiger partial charge is 0.333 e. The van der Waals surface area contributed by atoms with Crippen LogP contribution in [0.5, 0.6) is 0 Å². The number of sulfone groups is 1. The highest BCUT2D eigenvalue weighted by molar-refractivity contribution is 7.91. The zero-order valence-electron chi connectivity index (χ0n) is 23.0. The number of benzene rings is 2. The molecule has 0 bridgehead atoms. The number of hydrogen-bond donors (Lipinski definition) is 0. The molecule has 9 nitrogen and oxygen atoms in total. The normalized spacial score (nSPS) is 12.6. The van der Waals surface area contributed by atoms with Crippen LogP contribution in [0.3, 0.4) is 0 Å². The zero-order valence-corrected chi connectivity index (χ0v) is 23.8. The molecule has 1 amide bonds. The second kappa shape index (κ2) is 12.3. The molecule has 0 radical (unpaired) electrons. The molecule has 224 valence electrons. The maximum Gasteiger partial charge on any atom is 0.419 e.